The Bertz CT molecular complexity index is 851. The van der Waals surface area contributed by atoms with Crippen LogP contribution in [0.2, 0.25) is 0 Å². The lowest BCUT2D eigenvalue weighted by molar-refractivity contribution is -0.113. The molecule has 3 rings (SSSR count). The highest BCUT2D eigenvalue weighted by Gasteiger charge is 2.23. The Hall–Kier alpha value is -2.45. The smallest absolute Gasteiger partial charge is 0.234 e. The van der Waals surface area contributed by atoms with Crippen molar-refractivity contribution in [2.75, 3.05) is 29.1 Å². The Labute approximate surface area is 168 Å². The number of morpholine rings is 1. The summed E-state index contributed by atoms with van der Waals surface area (Å²) >= 11 is 1.35. The van der Waals surface area contributed by atoms with E-state index in [2.05, 4.69) is 20.2 Å². The SMILES string of the molecule is CC(=O)c1cccc(NC(=O)CSc2cc(N3CC(C)OC(C)C3)ncn2)c1. The third-order valence-corrected chi connectivity index (χ3v) is 5.20. The lowest BCUT2D eigenvalue weighted by Crippen LogP contribution is -2.45. The van der Waals surface area contributed by atoms with E-state index in [0.717, 1.165) is 23.9 Å². The number of anilines is 2. The molecule has 1 amide bonds. The molecule has 7 nitrogen and oxygen atoms in total. The Morgan fingerprint density at radius 2 is 1.96 bits per heavy atom. The monoisotopic (exact) mass is 400 g/mol. The fourth-order valence-corrected chi connectivity index (χ4v) is 3.76. The highest BCUT2D eigenvalue weighted by atomic mass is 32.2. The van der Waals surface area contributed by atoms with Gasteiger partial charge in [-0.2, -0.15) is 0 Å². The Morgan fingerprint density at radius 1 is 1.21 bits per heavy atom. The summed E-state index contributed by atoms with van der Waals surface area (Å²) < 4.78 is 5.76. The molecule has 1 saturated heterocycles. The van der Waals surface area contributed by atoms with Gasteiger partial charge in [-0.05, 0) is 32.9 Å². The van der Waals surface area contributed by atoms with Crippen LogP contribution in [0.3, 0.4) is 0 Å². The summed E-state index contributed by atoms with van der Waals surface area (Å²) in [7, 11) is 0. The summed E-state index contributed by atoms with van der Waals surface area (Å²) in [6, 6.07) is 8.81. The molecule has 2 heterocycles. The lowest BCUT2D eigenvalue weighted by atomic mass is 10.1. The molecule has 2 unspecified atom stereocenters. The van der Waals surface area contributed by atoms with Crippen LogP contribution >= 0.6 is 11.8 Å². The molecule has 0 saturated carbocycles. The topological polar surface area (TPSA) is 84.4 Å². The van der Waals surface area contributed by atoms with Crippen LogP contribution < -0.4 is 10.2 Å². The van der Waals surface area contributed by atoms with Crippen molar-refractivity contribution < 1.29 is 14.3 Å². The van der Waals surface area contributed by atoms with Crippen molar-refractivity contribution in [2.24, 2.45) is 0 Å². The second-order valence-corrected chi connectivity index (χ2v) is 7.85. The van der Waals surface area contributed by atoms with E-state index in [1.807, 2.05) is 19.9 Å². The van der Waals surface area contributed by atoms with Crippen LogP contribution in [0.5, 0.6) is 0 Å². The number of nitrogens with zero attached hydrogens (tertiary/aromatic N) is 3. The molecule has 1 fully saturated rings. The van der Waals surface area contributed by atoms with E-state index in [1.165, 1.54) is 25.0 Å². The quantitative estimate of drug-likeness (QED) is 0.453. The zero-order valence-electron chi connectivity index (χ0n) is 16.2. The number of amides is 1. The molecule has 1 N–H and O–H groups in total. The first-order chi connectivity index (χ1) is 13.4. The molecule has 0 aliphatic carbocycles. The molecule has 28 heavy (non-hydrogen) atoms. The van der Waals surface area contributed by atoms with Crippen LogP contribution in [-0.4, -0.2) is 52.7 Å². The molecule has 2 atom stereocenters. The molecule has 0 radical (unpaired) electrons. The molecule has 1 aromatic carbocycles. The summed E-state index contributed by atoms with van der Waals surface area (Å²) in [5.41, 5.74) is 1.18. The number of ether oxygens (including phenoxy) is 1. The maximum Gasteiger partial charge on any atom is 0.234 e. The van der Waals surface area contributed by atoms with Crippen molar-refractivity contribution in [3.63, 3.8) is 0 Å². The van der Waals surface area contributed by atoms with E-state index in [9.17, 15) is 9.59 Å². The maximum atomic E-state index is 12.3. The average Bonchev–Trinajstić information content (AvgIpc) is 2.66. The van der Waals surface area contributed by atoms with Gasteiger partial charge in [0.2, 0.25) is 5.91 Å². The second kappa shape index (κ2) is 9.16. The van der Waals surface area contributed by atoms with Gasteiger partial charge in [0, 0.05) is 30.4 Å². The highest BCUT2D eigenvalue weighted by Crippen LogP contribution is 2.23. The van der Waals surface area contributed by atoms with Gasteiger partial charge in [0.1, 0.15) is 17.2 Å². The molecule has 1 aliphatic rings. The largest absolute Gasteiger partial charge is 0.372 e. The Balaban J connectivity index is 1.58. The highest BCUT2D eigenvalue weighted by molar-refractivity contribution is 7.99. The van der Waals surface area contributed by atoms with Crippen LogP contribution in [-0.2, 0) is 9.53 Å². The lowest BCUT2D eigenvalue weighted by Gasteiger charge is -2.36. The normalized spacial score (nSPS) is 19.3. The molecule has 1 aliphatic heterocycles. The van der Waals surface area contributed by atoms with Crippen LogP contribution in [0.25, 0.3) is 0 Å². The summed E-state index contributed by atoms with van der Waals surface area (Å²) in [5, 5.41) is 3.55. The van der Waals surface area contributed by atoms with Gasteiger partial charge in [-0.3, -0.25) is 9.59 Å². The first-order valence-corrected chi connectivity index (χ1v) is 10.2. The van der Waals surface area contributed by atoms with E-state index < -0.39 is 0 Å². The number of carbonyl (C=O) groups is 2. The predicted octanol–water partition coefficient (Wildman–Crippen LogP) is 3.02. The summed E-state index contributed by atoms with van der Waals surface area (Å²) in [6.45, 7) is 7.15. The molecule has 148 valence electrons. The minimum Gasteiger partial charge on any atom is -0.372 e. The van der Waals surface area contributed by atoms with E-state index >= 15 is 0 Å². The Kier molecular flexibility index (Phi) is 6.64. The molecule has 2 aromatic rings. The number of thioether (sulfide) groups is 1. The predicted molar refractivity (Wildman–Crippen MR) is 110 cm³/mol. The van der Waals surface area contributed by atoms with Gasteiger partial charge in [0.25, 0.3) is 0 Å². The van der Waals surface area contributed by atoms with Crippen molar-refractivity contribution in [3.8, 4) is 0 Å². The van der Waals surface area contributed by atoms with E-state index in [0.29, 0.717) is 11.3 Å². The first kappa shape index (κ1) is 20.3. The van der Waals surface area contributed by atoms with Crippen molar-refractivity contribution in [1.29, 1.82) is 0 Å². The molecular weight excluding hydrogens is 376 g/mol. The van der Waals surface area contributed by atoms with Crippen molar-refractivity contribution in [1.82, 2.24) is 9.97 Å². The fraction of sp³-hybridized carbons (Fsp3) is 0.400. The molecule has 0 bridgehead atoms. The van der Waals surface area contributed by atoms with E-state index in [1.54, 1.807) is 24.3 Å². The number of benzene rings is 1. The van der Waals surface area contributed by atoms with Gasteiger partial charge < -0.3 is 15.0 Å². The van der Waals surface area contributed by atoms with Gasteiger partial charge in [-0.1, -0.05) is 23.9 Å². The standard InChI is InChI=1S/C20H24N4O3S/c1-13-9-24(10-14(2)27-13)18-8-20(22-12-21-18)28-11-19(26)23-17-6-4-5-16(7-17)15(3)25/h4-8,12-14H,9-11H2,1-3H3,(H,23,26). The average molecular weight is 401 g/mol. The van der Waals surface area contributed by atoms with Crippen molar-refractivity contribution in [3.05, 3.63) is 42.2 Å². The van der Waals surface area contributed by atoms with Crippen LogP contribution in [0, 0.1) is 0 Å². The fourth-order valence-electron chi connectivity index (χ4n) is 3.10. The second-order valence-electron chi connectivity index (χ2n) is 6.85. The summed E-state index contributed by atoms with van der Waals surface area (Å²) in [4.78, 5) is 34.5. The molecule has 8 heteroatoms. The third-order valence-electron chi connectivity index (χ3n) is 4.28. The summed E-state index contributed by atoms with van der Waals surface area (Å²) in [5.74, 6) is 0.871. The van der Waals surface area contributed by atoms with Crippen LogP contribution in [0.4, 0.5) is 11.5 Å². The third kappa shape index (κ3) is 5.53. The number of aromatic nitrogens is 2. The van der Waals surface area contributed by atoms with E-state index in [-0.39, 0.29) is 29.7 Å². The maximum absolute atomic E-state index is 12.3. The number of nitrogens with one attached hydrogen (secondary N) is 1. The van der Waals surface area contributed by atoms with Crippen LogP contribution in [0.15, 0.2) is 41.7 Å². The first-order valence-electron chi connectivity index (χ1n) is 9.17. The number of hydrogen-bond donors (Lipinski definition) is 1. The van der Waals surface area contributed by atoms with Gasteiger partial charge in [-0.15, -0.1) is 0 Å². The number of rotatable bonds is 6. The van der Waals surface area contributed by atoms with Crippen molar-refractivity contribution in [2.45, 2.75) is 38.0 Å². The minimum atomic E-state index is -0.153. The number of Topliss-reactive ketones (excluding diaryl/α,β-unsaturated/α-hetero) is 1. The Morgan fingerprint density at radius 3 is 2.68 bits per heavy atom. The minimum absolute atomic E-state index is 0.0364. The van der Waals surface area contributed by atoms with Gasteiger partial charge >= 0.3 is 0 Å². The van der Waals surface area contributed by atoms with Crippen molar-refractivity contribution >= 4 is 35.0 Å². The van der Waals surface area contributed by atoms with Gasteiger partial charge in [0.15, 0.2) is 5.78 Å². The molecular formula is C20H24N4O3S. The number of carbonyl (C=O) groups excluding carboxylic acids is 2. The molecule has 1 aromatic heterocycles. The van der Waals surface area contributed by atoms with Gasteiger partial charge in [-0.25, -0.2) is 9.97 Å². The summed E-state index contributed by atoms with van der Waals surface area (Å²) in [6.07, 6.45) is 1.81. The zero-order chi connectivity index (χ0) is 20.1. The zero-order valence-corrected chi connectivity index (χ0v) is 17.0. The van der Waals surface area contributed by atoms with Gasteiger partial charge in [0.05, 0.1) is 18.0 Å². The van der Waals surface area contributed by atoms with E-state index in [4.69, 9.17) is 4.74 Å². The van der Waals surface area contributed by atoms with Crippen LogP contribution in [0.1, 0.15) is 31.1 Å². The number of ketones is 1. The molecule has 0 spiro atoms. The number of hydrogen-bond acceptors (Lipinski definition) is 7.